The standard InChI is InChI=1S/C16H19N3O4S3/c20-14(5-6-17-26(22,23)15-4-2-12-25-15)18-7-9-19(10-8-18)16(21)13-3-1-11-24-13/h1-4,11-12,17H,5-10H2. The number of piperazine rings is 1. The summed E-state index contributed by atoms with van der Waals surface area (Å²) in [6, 6.07) is 6.83. The number of hydrogen-bond acceptors (Lipinski definition) is 6. The highest BCUT2D eigenvalue weighted by Crippen LogP contribution is 2.16. The number of thiophene rings is 2. The van der Waals surface area contributed by atoms with Gasteiger partial charge in [0.05, 0.1) is 4.88 Å². The summed E-state index contributed by atoms with van der Waals surface area (Å²) in [7, 11) is -3.54. The van der Waals surface area contributed by atoms with Gasteiger partial charge in [0.25, 0.3) is 5.91 Å². The van der Waals surface area contributed by atoms with Crippen molar-refractivity contribution in [1.29, 1.82) is 0 Å². The molecule has 0 aromatic carbocycles. The van der Waals surface area contributed by atoms with E-state index < -0.39 is 10.0 Å². The fourth-order valence-corrected chi connectivity index (χ4v) is 5.41. The highest BCUT2D eigenvalue weighted by Gasteiger charge is 2.25. The van der Waals surface area contributed by atoms with Gasteiger partial charge in [0.15, 0.2) is 0 Å². The number of sulfonamides is 1. The Bertz CT molecular complexity index is 839. The summed E-state index contributed by atoms with van der Waals surface area (Å²) in [5.41, 5.74) is 0. The third-order valence-corrected chi connectivity index (χ3v) is 7.76. The molecule has 3 rings (SSSR count). The number of nitrogens with zero attached hydrogens (tertiary/aromatic N) is 2. The van der Waals surface area contributed by atoms with Gasteiger partial charge in [-0.15, -0.1) is 22.7 Å². The smallest absolute Gasteiger partial charge is 0.264 e. The van der Waals surface area contributed by atoms with E-state index in [-0.39, 0.29) is 29.0 Å². The van der Waals surface area contributed by atoms with Gasteiger partial charge < -0.3 is 9.80 Å². The second kappa shape index (κ2) is 8.30. The van der Waals surface area contributed by atoms with Crippen LogP contribution in [0.15, 0.2) is 39.2 Å². The Morgan fingerprint density at radius 2 is 1.65 bits per heavy atom. The first-order valence-electron chi connectivity index (χ1n) is 8.11. The van der Waals surface area contributed by atoms with E-state index in [0.717, 1.165) is 11.3 Å². The maximum Gasteiger partial charge on any atom is 0.264 e. The van der Waals surface area contributed by atoms with Crippen LogP contribution in [-0.4, -0.2) is 62.8 Å². The van der Waals surface area contributed by atoms with Gasteiger partial charge in [-0.25, -0.2) is 13.1 Å². The second-order valence-electron chi connectivity index (χ2n) is 5.73. The zero-order valence-electron chi connectivity index (χ0n) is 14.0. The molecule has 1 aliphatic rings. The van der Waals surface area contributed by atoms with Crippen LogP contribution in [0.2, 0.25) is 0 Å². The lowest BCUT2D eigenvalue weighted by molar-refractivity contribution is -0.132. The molecule has 0 unspecified atom stereocenters. The zero-order valence-corrected chi connectivity index (χ0v) is 16.4. The predicted octanol–water partition coefficient (Wildman–Crippen LogP) is 1.46. The minimum absolute atomic E-state index is 0.00388. The van der Waals surface area contributed by atoms with Gasteiger partial charge in [-0.05, 0) is 22.9 Å². The first-order valence-corrected chi connectivity index (χ1v) is 11.4. The van der Waals surface area contributed by atoms with Crippen LogP contribution in [0.3, 0.4) is 0 Å². The molecule has 2 aromatic heterocycles. The fourth-order valence-electron chi connectivity index (χ4n) is 2.65. The number of nitrogens with one attached hydrogen (secondary N) is 1. The van der Waals surface area contributed by atoms with E-state index in [2.05, 4.69) is 4.72 Å². The Morgan fingerprint density at radius 3 is 2.27 bits per heavy atom. The van der Waals surface area contributed by atoms with Crippen molar-refractivity contribution in [3.63, 3.8) is 0 Å². The molecule has 7 nitrogen and oxygen atoms in total. The first kappa shape index (κ1) is 19.0. The lowest BCUT2D eigenvalue weighted by atomic mass is 10.2. The van der Waals surface area contributed by atoms with Gasteiger partial charge in [0.2, 0.25) is 15.9 Å². The van der Waals surface area contributed by atoms with E-state index >= 15 is 0 Å². The summed E-state index contributed by atoms with van der Waals surface area (Å²) in [5.74, 6) is -0.113. The Morgan fingerprint density at radius 1 is 1.00 bits per heavy atom. The summed E-state index contributed by atoms with van der Waals surface area (Å²) in [6.45, 7) is 1.97. The van der Waals surface area contributed by atoms with Crippen LogP contribution in [0.5, 0.6) is 0 Å². The SMILES string of the molecule is O=C(CCNS(=O)(=O)c1cccs1)N1CCN(C(=O)c2cccs2)CC1. The van der Waals surface area contributed by atoms with Crippen molar-refractivity contribution in [3.05, 3.63) is 39.9 Å². The normalized spacial score (nSPS) is 15.2. The molecule has 2 amide bonds. The highest BCUT2D eigenvalue weighted by molar-refractivity contribution is 7.91. The maximum absolute atomic E-state index is 12.3. The van der Waals surface area contributed by atoms with Gasteiger partial charge in [-0.1, -0.05) is 12.1 Å². The molecule has 0 aliphatic carbocycles. The molecule has 1 N–H and O–H groups in total. The Labute approximate surface area is 160 Å². The van der Waals surface area contributed by atoms with E-state index in [1.807, 2.05) is 11.4 Å². The van der Waals surface area contributed by atoms with E-state index in [4.69, 9.17) is 0 Å². The van der Waals surface area contributed by atoms with E-state index in [1.165, 1.54) is 17.4 Å². The molecule has 0 spiro atoms. The molecule has 140 valence electrons. The third kappa shape index (κ3) is 4.50. The third-order valence-electron chi connectivity index (χ3n) is 4.04. The number of carbonyl (C=O) groups excluding carboxylic acids is 2. The van der Waals surface area contributed by atoms with Gasteiger partial charge in [-0.2, -0.15) is 0 Å². The fraction of sp³-hybridized carbons (Fsp3) is 0.375. The molecule has 1 saturated heterocycles. The predicted molar refractivity (Wildman–Crippen MR) is 101 cm³/mol. The van der Waals surface area contributed by atoms with Crippen LogP contribution in [0.25, 0.3) is 0 Å². The minimum atomic E-state index is -3.54. The molecule has 1 fully saturated rings. The van der Waals surface area contributed by atoms with Crippen LogP contribution in [0, 0.1) is 0 Å². The van der Waals surface area contributed by atoms with Crippen molar-refractivity contribution in [2.45, 2.75) is 10.6 Å². The average molecular weight is 414 g/mol. The quantitative estimate of drug-likeness (QED) is 0.777. The minimum Gasteiger partial charge on any atom is -0.339 e. The molecule has 26 heavy (non-hydrogen) atoms. The molecule has 0 atom stereocenters. The van der Waals surface area contributed by atoms with Gasteiger partial charge in [0, 0.05) is 39.1 Å². The van der Waals surface area contributed by atoms with Gasteiger partial charge in [0.1, 0.15) is 4.21 Å². The van der Waals surface area contributed by atoms with Crippen LogP contribution in [0.4, 0.5) is 0 Å². The van der Waals surface area contributed by atoms with Crippen LogP contribution < -0.4 is 4.72 Å². The maximum atomic E-state index is 12.3. The summed E-state index contributed by atoms with van der Waals surface area (Å²) < 4.78 is 26.7. The van der Waals surface area contributed by atoms with Crippen LogP contribution >= 0.6 is 22.7 Å². The van der Waals surface area contributed by atoms with Crippen LogP contribution in [-0.2, 0) is 14.8 Å². The monoisotopic (exact) mass is 413 g/mol. The van der Waals surface area contributed by atoms with Crippen LogP contribution in [0.1, 0.15) is 16.1 Å². The number of amides is 2. The molecular weight excluding hydrogens is 394 g/mol. The molecule has 0 radical (unpaired) electrons. The van der Waals surface area contributed by atoms with Crippen molar-refractivity contribution in [2.24, 2.45) is 0 Å². The number of hydrogen-bond donors (Lipinski definition) is 1. The Hall–Kier alpha value is -1.75. The average Bonchev–Trinajstić information content (AvgIpc) is 3.34. The molecule has 3 heterocycles. The first-order chi connectivity index (χ1) is 12.5. The van der Waals surface area contributed by atoms with E-state index in [0.29, 0.717) is 31.1 Å². The molecule has 2 aromatic rings. The Kier molecular flexibility index (Phi) is 6.07. The molecular formula is C16H19N3O4S3. The van der Waals surface area contributed by atoms with Crippen molar-refractivity contribution >= 4 is 44.5 Å². The summed E-state index contributed by atoms with van der Waals surface area (Å²) in [5, 5.41) is 3.56. The lowest BCUT2D eigenvalue weighted by Crippen LogP contribution is -2.50. The van der Waals surface area contributed by atoms with E-state index in [1.54, 1.807) is 27.3 Å². The molecule has 0 saturated carbocycles. The highest BCUT2D eigenvalue weighted by atomic mass is 32.2. The van der Waals surface area contributed by atoms with Gasteiger partial charge >= 0.3 is 0 Å². The van der Waals surface area contributed by atoms with Gasteiger partial charge in [-0.3, -0.25) is 9.59 Å². The summed E-state index contributed by atoms with van der Waals surface area (Å²) in [4.78, 5) is 28.7. The zero-order chi connectivity index (χ0) is 18.6. The Balaban J connectivity index is 1.43. The molecule has 0 bridgehead atoms. The van der Waals surface area contributed by atoms with Crippen molar-refractivity contribution in [2.75, 3.05) is 32.7 Å². The summed E-state index contributed by atoms with van der Waals surface area (Å²) in [6.07, 6.45) is 0.101. The van der Waals surface area contributed by atoms with Crippen molar-refractivity contribution < 1.29 is 18.0 Å². The molecule has 10 heteroatoms. The van der Waals surface area contributed by atoms with Crippen molar-refractivity contribution in [1.82, 2.24) is 14.5 Å². The second-order valence-corrected chi connectivity index (χ2v) is 9.62. The molecule has 1 aliphatic heterocycles. The van der Waals surface area contributed by atoms with Crippen molar-refractivity contribution in [3.8, 4) is 0 Å². The number of carbonyl (C=O) groups is 2. The largest absolute Gasteiger partial charge is 0.339 e. The van der Waals surface area contributed by atoms with E-state index in [9.17, 15) is 18.0 Å². The topological polar surface area (TPSA) is 86.8 Å². The summed E-state index contributed by atoms with van der Waals surface area (Å²) >= 11 is 2.54. The number of rotatable bonds is 6. The lowest BCUT2D eigenvalue weighted by Gasteiger charge is -2.34.